The molecule has 0 unspecified atom stereocenters. The smallest absolute Gasteiger partial charge is 0.258 e. The number of nitro benzene ring substituents is 1. The second kappa shape index (κ2) is 4.06. The summed E-state index contributed by atoms with van der Waals surface area (Å²) in [6.07, 6.45) is -4.91. The Kier molecular flexibility index (Phi) is 2.42. The molecule has 3 nitrogen and oxygen atoms in total. The fraction of sp³-hybridized carbons (Fsp3) is 0.250. The van der Waals surface area contributed by atoms with Gasteiger partial charge in [-0.3, -0.25) is 10.1 Å². The summed E-state index contributed by atoms with van der Waals surface area (Å²) in [4.78, 5) is 9.36. The van der Waals surface area contributed by atoms with Gasteiger partial charge in [-0.25, -0.2) is 0 Å². The Morgan fingerprint density at radius 3 is 2.53 bits per heavy atom. The highest BCUT2D eigenvalue weighted by Gasteiger charge is 2.34. The van der Waals surface area contributed by atoms with Gasteiger partial charge in [0.2, 0.25) is 0 Å². The molecular weight excluding hydrogens is 235 g/mol. The van der Waals surface area contributed by atoms with Crippen molar-refractivity contribution in [2.24, 2.45) is 0 Å². The highest BCUT2D eigenvalue weighted by Crippen LogP contribution is 2.34. The molecule has 1 aromatic rings. The van der Waals surface area contributed by atoms with Gasteiger partial charge in [-0.2, -0.15) is 13.2 Å². The highest BCUT2D eigenvalue weighted by molar-refractivity contribution is 6.17. The van der Waals surface area contributed by atoms with Crippen LogP contribution in [0, 0.1) is 10.1 Å². The SMILES string of the molecule is [2H]C([2H])(Cl)c1ccc([N+](=O)[O-])cc1C(F)(F)F. The average molecular weight is 242 g/mol. The fourth-order valence-electron chi connectivity index (χ4n) is 0.963. The zero-order valence-electron chi connectivity index (χ0n) is 9.01. The first-order valence-electron chi connectivity index (χ1n) is 4.58. The molecule has 1 aromatic carbocycles. The van der Waals surface area contributed by atoms with E-state index in [1.165, 1.54) is 0 Å². The standard InChI is InChI=1S/C8H5ClF3NO2/c9-4-5-1-2-6(13(14)15)3-7(5)8(10,11)12/h1-3H,4H2/i4D2. The molecule has 82 valence electrons. The molecule has 0 bridgehead atoms. The van der Waals surface area contributed by atoms with Crippen LogP contribution in [0.15, 0.2) is 18.2 Å². The zero-order valence-corrected chi connectivity index (χ0v) is 7.76. The quantitative estimate of drug-likeness (QED) is 0.453. The van der Waals surface area contributed by atoms with Gasteiger partial charge in [0, 0.05) is 20.7 Å². The predicted molar refractivity (Wildman–Crippen MR) is 47.7 cm³/mol. The molecule has 1 rings (SSSR count). The molecule has 0 fully saturated rings. The maximum absolute atomic E-state index is 12.6. The van der Waals surface area contributed by atoms with E-state index >= 15 is 0 Å². The van der Waals surface area contributed by atoms with Crippen molar-refractivity contribution in [1.82, 2.24) is 0 Å². The van der Waals surface area contributed by atoms with Crippen LogP contribution in [-0.2, 0) is 12.0 Å². The topological polar surface area (TPSA) is 43.1 Å². The van der Waals surface area contributed by atoms with Gasteiger partial charge >= 0.3 is 6.18 Å². The molecule has 0 atom stereocenters. The van der Waals surface area contributed by atoms with E-state index in [9.17, 15) is 23.3 Å². The third-order valence-electron chi connectivity index (χ3n) is 1.62. The molecule has 0 saturated heterocycles. The lowest BCUT2D eigenvalue weighted by atomic mass is 10.1. The Labute approximate surface area is 90.4 Å². The first kappa shape index (κ1) is 8.96. The maximum atomic E-state index is 12.6. The molecule has 0 N–H and O–H groups in total. The van der Waals surface area contributed by atoms with Crippen molar-refractivity contribution in [3.8, 4) is 0 Å². The molecule has 0 radical (unpaired) electrons. The maximum Gasteiger partial charge on any atom is 0.416 e. The minimum absolute atomic E-state index is 0.259. The summed E-state index contributed by atoms with van der Waals surface area (Å²) in [5, 5.41) is 10.4. The minimum atomic E-state index is -4.91. The van der Waals surface area contributed by atoms with E-state index in [2.05, 4.69) is 0 Å². The summed E-state index contributed by atoms with van der Waals surface area (Å²) in [7, 11) is 0. The molecule has 7 heteroatoms. The Balaban J connectivity index is 3.49. The molecular formula is C8H5ClF3NO2. The number of benzene rings is 1. The van der Waals surface area contributed by atoms with Gasteiger partial charge in [-0.1, -0.05) is 6.07 Å². The molecule has 0 aromatic heterocycles. The van der Waals surface area contributed by atoms with Crippen LogP contribution < -0.4 is 0 Å². The van der Waals surface area contributed by atoms with Gasteiger partial charge in [-0.05, 0) is 5.56 Å². The number of non-ortho nitro benzene ring substituents is 1. The fourth-order valence-corrected chi connectivity index (χ4v) is 1.13. The van der Waals surface area contributed by atoms with Crippen molar-refractivity contribution in [3.63, 3.8) is 0 Å². The number of alkyl halides is 4. The van der Waals surface area contributed by atoms with E-state index in [4.69, 9.17) is 14.3 Å². The Morgan fingerprint density at radius 2 is 2.13 bits per heavy atom. The first-order chi connectivity index (χ1) is 7.53. The molecule has 0 amide bonds. The average Bonchev–Trinajstić information content (AvgIpc) is 2.14. The Morgan fingerprint density at radius 1 is 1.53 bits per heavy atom. The van der Waals surface area contributed by atoms with Crippen molar-refractivity contribution in [2.45, 2.75) is 12.0 Å². The number of nitrogens with zero attached hydrogens (tertiary/aromatic N) is 1. The number of hydrogen-bond acceptors (Lipinski definition) is 2. The van der Waals surface area contributed by atoms with Gasteiger partial charge in [0.05, 0.1) is 10.5 Å². The monoisotopic (exact) mass is 241 g/mol. The third kappa shape index (κ3) is 2.59. The summed E-state index contributed by atoms with van der Waals surface area (Å²) < 4.78 is 51.8. The largest absolute Gasteiger partial charge is 0.416 e. The van der Waals surface area contributed by atoms with Crippen LogP contribution >= 0.6 is 11.6 Å². The molecule has 0 aliphatic rings. The van der Waals surface area contributed by atoms with Crippen LogP contribution in [0.4, 0.5) is 18.9 Å². The van der Waals surface area contributed by atoms with Crippen LogP contribution in [0.25, 0.3) is 0 Å². The highest BCUT2D eigenvalue weighted by atomic mass is 35.5. The van der Waals surface area contributed by atoms with Crippen LogP contribution in [0.5, 0.6) is 0 Å². The van der Waals surface area contributed by atoms with Crippen molar-refractivity contribution in [3.05, 3.63) is 39.4 Å². The number of halogens is 4. The second-order valence-corrected chi connectivity index (χ2v) is 2.77. The van der Waals surface area contributed by atoms with E-state index in [1.54, 1.807) is 0 Å². The Hall–Kier alpha value is -1.30. The van der Waals surface area contributed by atoms with Crippen LogP contribution in [-0.4, -0.2) is 4.92 Å². The molecule has 0 aliphatic heterocycles. The van der Waals surface area contributed by atoms with Crippen molar-refractivity contribution < 1.29 is 20.8 Å². The van der Waals surface area contributed by atoms with Gasteiger partial charge in [0.1, 0.15) is 0 Å². The van der Waals surface area contributed by atoms with E-state index in [0.717, 1.165) is 6.07 Å². The number of hydrogen-bond donors (Lipinski definition) is 0. The summed E-state index contributed by atoms with van der Waals surface area (Å²) in [5.41, 5.74) is -3.08. The van der Waals surface area contributed by atoms with Crippen molar-refractivity contribution in [2.75, 3.05) is 0 Å². The van der Waals surface area contributed by atoms with Gasteiger partial charge in [0.15, 0.2) is 0 Å². The van der Waals surface area contributed by atoms with Crippen LogP contribution in [0.2, 0.25) is 0 Å². The van der Waals surface area contributed by atoms with Gasteiger partial charge < -0.3 is 0 Å². The van der Waals surface area contributed by atoms with Crippen LogP contribution in [0.3, 0.4) is 0 Å². The van der Waals surface area contributed by atoms with Gasteiger partial charge in [0.25, 0.3) is 5.69 Å². The van der Waals surface area contributed by atoms with E-state index in [1.807, 2.05) is 0 Å². The summed E-state index contributed by atoms with van der Waals surface area (Å²) >= 11 is 5.17. The molecule has 15 heavy (non-hydrogen) atoms. The number of rotatable bonds is 2. The second-order valence-electron chi connectivity index (χ2n) is 2.58. The summed E-state index contributed by atoms with van der Waals surface area (Å²) in [6, 6.07) is 1.69. The van der Waals surface area contributed by atoms with Crippen LogP contribution in [0.1, 0.15) is 13.9 Å². The van der Waals surface area contributed by atoms with Crippen molar-refractivity contribution in [1.29, 1.82) is 0 Å². The molecule has 0 heterocycles. The van der Waals surface area contributed by atoms with Crippen molar-refractivity contribution >= 4 is 17.3 Å². The van der Waals surface area contributed by atoms with Gasteiger partial charge in [-0.15, -0.1) is 11.6 Å². The van der Waals surface area contributed by atoms with E-state index < -0.39 is 33.7 Å². The lowest BCUT2D eigenvalue weighted by Gasteiger charge is -2.10. The molecule has 0 saturated carbocycles. The number of nitro groups is 1. The lowest BCUT2D eigenvalue weighted by molar-refractivity contribution is -0.385. The molecule has 0 aliphatic carbocycles. The first-order valence-corrected chi connectivity index (χ1v) is 3.96. The van der Waals surface area contributed by atoms with E-state index in [0.29, 0.717) is 6.07 Å². The zero-order chi connectivity index (χ0) is 13.4. The summed E-state index contributed by atoms with van der Waals surface area (Å²) in [6.45, 7) is 0. The minimum Gasteiger partial charge on any atom is -0.258 e. The Bertz CT molecular complexity index is 459. The predicted octanol–water partition coefficient (Wildman–Crippen LogP) is 3.35. The molecule has 0 spiro atoms. The summed E-state index contributed by atoms with van der Waals surface area (Å²) in [5.74, 6) is -2.75. The normalized spacial score (nSPS) is 14.4. The van der Waals surface area contributed by atoms with E-state index in [-0.39, 0.29) is 6.07 Å². The lowest BCUT2D eigenvalue weighted by Crippen LogP contribution is -2.09. The third-order valence-corrected chi connectivity index (χ3v) is 1.82.